The van der Waals surface area contributed by atoms with E-state index in [1.54, 1.807) is 13.0 Å². The summed E-state index contributed by atoms with van der Waals surface area (Å²) < 4.78 is 13.8. The lowest BCUT2D eigenvalue weighted by Gasteiger charge is -2.10. The van der Waals surface area contributed by atoms with Crippen molar-refractivity contribution < 1.29 is 19.4 Å². The number of benzene rings is 2. The molecule has 0 fully saturated rings. The summed E-state index contributed by atoms with van der Waals surface area (Å²) in [5.74, 6) is -1.51. The third-order valence-electron chi connectivity index (χ3n) is 2.68. The van der Waals surface area contributed by atoms with Crippen LogP contribution in [0.15, 0.2) is 34.8 Å². The number of rotatable bonds is 2. The van der Waals surface area contributed by atoms with Crippen LogP contribution in [-0.2, 0) is 0 Å². The summed E-state index contributed by atoms with van der Waals surface area (Å²) in [4.78, 5) is 12.0. The molecule has 0 aliphatic rings. The van der Waals surface area contributed by atoms with Gasteiger partial charge in [0.15, 0.2) is 0 Å². The molecule has 0 aromatic heterocycles. The first-order valence-corrected chi connectivity index (χ1v) is 6.46. The van der Waals surface area contributed by atoms with E-state index in [4.69, 9.17) is 0 Å². The van der Waals surface area contributed by atoms with Gasteiger partial charge in [-0.3, -0.25) is 4.79 Å². The predicted molar refractivity (Wildman–Crippen MR) is 76.6 cm³/mol. The van der Waals surface area contributed by atoms with Crippen molar-refractivity contribution >= 4 is 27.5 Å². The molecule has 0 unspecified atom stereocenters. The van der Waals surface area contributed by atoms with Crippen molar-refractivity contribution in [3.63, 3.8) is 0 Å². The molecule has 0 heterocycles. The zero-order chi connectivity index (χ0) is 14.9. The van der Waals surface area contributed by atoms with Crippen LogP contribution in [0.5, 0.6) is 11.5 Å². The number of halogens is 2. The van der Waals surface area contributed by atoms with Gasteiger partial charge in [0.05, 0.1) is 4.47 Å². The minimum Gasteiger partial charge on any atom is -0.508 e. The Morgan fingerprint density at radius 3 is 2.35 bits per heavy atom. The molecule has 20 heavy (non-hydrogen) atoms. The van der Waals surface area contributed by atoms with Crippen molar-refractivity contribution in [2.45, 2.75) is 6.92 Å². The third-order valence-corrected chi connectivity index (χ3v) is 3.29. The van der Waals surface area contributed by atoms with Crippen molar-refractivity contribution in [2.24, 2.45) is 0 Å². The Labute approximate surface area is 123 Å². The summed E-state index contributed by atoms with van der Waals surface area (Å²) in [6.07, 6.45) is 0. The van der Waals surface area contributed by atoms with E-state index in [-0.39, 0.29) is 17.1 Å². The second-order valence-corrected chi connectivity index (χ2v) is 5.13. The number of anilines is 1. The molecule has 104 valence electrons. The van der Waals surface area contributed by atoms with Gasteiger partial charge in [-0.15, -0.1) is 0 Å². The van der Waals surface area contributed by atoms with Crippen LogP contribution in [0.1, 0.15) is 15.9 Å². The van der Waals surface area contributed by atoms with Gasteiger partial charge in [0.2, 0.25) is 0 Å². The molecule has 1 amide bonds. The zero-order valence-electron chi connectivity index (χ0n) is 10.4. The maximum Gasteiger partial charge on any atom is 0.255 e. The minimum absolute atomic E-state index is 0.0743. The molecule has 2 aromatic carbocycles. The number of amides is 1. The number of hydrogen-bond donors (Lipinski definition) is 3. The molecule has 0 aliphatic carbocycles. The summed E-state index contributed by atoms with van der Waals surface area (Å²) in [6.45, 7) is 1.72. The standard InChI is InChI=1S/C14H11BrFNO3/c1-7-2-11(15)12(16)6-13(7)17-14(20)8-3-9(18)5-10(19)4-8/h2-6,18-19H,1H3,(H,17,20). The van der Waals surface area contributed by atoms with Crippen molar-refractivity contribution in [3.05, 3.63) is 51.7 Å². The molecular formula is C14H11BrFNO3. The number of phenolic OH excluding ortho intramolecular Hbond substituents is 2. The van der Waals surface area contributed by atoms with Crippen LogP contribution in [0.3, 0.4) is 0 Å². The molecule has 0 saturated carbocycles. The maximum absolute atomic E-state index is 13.5. The third kappa shape index (κ3) is 3.08. The van der Waals surface area contributed by atoms with Crippen LogP contribution in [0.2, 0.25) is 0 Å². The Hall–Kier alpha value is -2.08. The quantitative estimate of drug-likeness (QED) is 0.783. The summed E-state index contributed by atoms with van der Waals surface area (Å²) in [5.41, 5.74) is 1.07. The van der Waals surface area contributed by atoms with Crippen LogP contribution in [0.25, 0.3) is 0 Å². The van der Waals surface area contributed by atoms with Crippen molar-refractivity contribution in [2.75, 3.05) is 5.32 Å². The molecule has 0 bridgehead atoms. The molecule has 2 rings (SSSR count). The number of nitrogens with one attached hydrogen (secondary N) is 1. The van der Waals surface area contributed by atoms with Crippen LogP contribution >= 0.6 is 15.9 Å². The van der Waals surface area contributed by atoms with E-state index in [1.807, 2.05) is 0 Å². The van der Waals surface area contributed by atoms with Crippen molar-refractivity contribution in [1.29, 1.82) is 0 Å². The van der Waals surface area contributed by atoms with Crippen LogP contribution in [0, 0.1) is 12.7 Å². The number of carbonyl (C=O) groups excluding carboxylic acids is 1. The monoisotopic (exact) mass is 339 g/mol. The Kier molecular flexibility index (Phi) is 3.94. The first-order chi connectivity index (χ1) is 9.36. The second-order valence-electron chi connectivity index (χ2n) is 4.27. The van der Waals surface area contributed by atoms with E-state index in [0.717, 1.165) is 6.07 Å². The molecule has 0 radical (unpaired) electrons. The predicted octanol–water partition coefficient (Wildman–Crippen LogP) is 3.56. The average molecular weight is 340 g/mol. The topological polar surface area (TPSA) is 69.6 Å². The van der Waals surface area contributed by atoms with E-state index in [1.165, 1.54) is 18.2 Å². The minimum atomic E-state index is -0.555. The Morgan fingerprint density at radius 2 is 1.75 bits per heavy atom. The van der Waals surface area contributed by atoms with Gasteiger partial charge in [-0.2, -0.15) is 0 Å². The molecule has 0 atom stereocenters. The molecule has 0 aliphatic heterocycles. The van der Waals surface area contributed by atoms with Crippen LogP contribution < -0.4 is 5.32 Å². The van der Waals surface area contributed by atoms with Crippen LogP contribution in [-0.4, -0.2) is 16.1 Å². The summed E-state index contributed by atoms with van der Waals surface area (Å²) in [6, 6.07) is 6.27. The van der Waals surface area contributed by atoms with Gasteiger partial charge in [0, 0.05) is 17.3 Å². The number of carbonyl (C=O) groups is 1. The molecule has 6 heteroatoms. The van der Waals surface area contributed by atoms with Gasteiger partial charge in [-0.25, -0.2) is 4.39 Å². The number of hydrogen-bond acceptors (Lipinski definition) is 3. The van der Waals surface area contributed by atoms with Gasteiger partial charge in [0.25, 0.3) is 5.91 Å². The van der Waals surface area contributed by atoms with E-state index in [9.17, 15) is 19.4 Å². The summed E-state index contributed by atoms with van der Waals surface area (Å²) in [5, 5.41) is 21.2. The summed E-state index contributed by atoms with van der Waals surface area (Å²) in [7, 11) is 0. The SMILES string of the molecule is Cc1cc(Br)c(F)cc1NC(=O)c1cc(O)cc(O)c1. The van der Waals surface area contributed by atoms with Crippen molar-refractivity contribution in [1.82, 2.24) is 0 Å². The van der Waals surface area contributed by atoms with Crippen LogP contribution in [0.4, 0.5) is 10.1 Å². The van der Waals surface area contributed by atoms with E-state index in [2.05, 4.69) is 21.2 Å². The molecular weight excluding hydrogens is 329 g/mol. The highest BCUT2D eigenvalue weighted by Crippen LogP contribution is 2.25. The fraction of sp³-hybridized carbons (Fsp3) is 0.0714. The maximum atomic E-state index is 13.5. The lowest BCUT2D eigenvalue weighted by atomic mass is 10.1. The Morgan fingerprint density at radius 1 is 1.15 bits per heavy atom. The molecule has 0 saturated heterocycles. The van der Waals surface area contributed by atoms with Crippen molar-refractivity contribution in [3.8, 4) is 11.5 Å². The molecule has 4 nitrogen and oxygen atoms in total. The van der Waals surface area contributed by atoms with Gasteiger partial charge >= 0.3 is 0 Å². The zero-order valence-corrected chi connectivity index (χ0v) is 12.0. The molecule has 3 N–H and O–H groups in total. The smallest absolute Gasteiger partial charge is 0.255 e. The first kappa shape index (κ1) is 14.3. The average Bonchev–Trinajstić information content (AvgIpc) is 2.34. The number of aromatic hydroxyl groups is 2. The highest BCUT2D eigenvalue weighted by atomic mass is 79.9. The Bertz CT molecular complexity index is 668. The van der Waals surface area contributed by atoms with E-state index < -0.39 is 11.7 Å². The van der Waals surface area contributed by atoms with E-state index in [0.29, 0.717) is 15.7 Å². The normalized spacial score (nSPS) is 10.3. The van der Waals surface area contributed by atoms with Gasteiger partial charge in [-0.1, -0.05) is 0 Å². The highest BCUT2D eigenvalue weighted by molar-refractivity contribution is 9.10. The lowest BCUT2D eigenvalue weighted by Crippen LogP contribution is -2.13. The van der Waals surface area contributed by atoms with Gasteiger partial charge < -0.3 is 15.5 Å². The largest absolute Gasteiger partial charge is 0.508 e. The lowest BCUT2D eigenvalue weighted by molar-refractivity contribution is 0.102. The fourth-order valence-electron chi connectivity index (χ4n) is 1.70. The Balaban J connectivity index is 2.30. The first-order valence-electron chi connectivity index (χ1n) is 5.67. The van der Waals surface area contributed by atoms with Gasteiger partial charge in [0.1, 0.15) is 17.3 Å². The number of phenols is 2. The summed E-state index contributed by atoms with van der Waals surface area (Å²) >= 11 is 3.06. The number of aryl methyl sites for hydroxylation is 1. The molecule has 2 aromatic rings. The highest BCUT2D eigenvalue weighted by Gasteiger charge is 2.12. The second kappa shape index (κ2) is 5.50. The fourth-order valence-corrected chi connectivity index (χ4v) is 2.16. The molecule has 0 spiro atoms. The van der Waals surface area contributed by atoms with Gasteiger partial charge in [-0.05, 0) is 52.7 Å². The van der Waals surface area contributed by atoms with E-state index >= 15 is 0 Å².